The molecule has 4 nitrogen and oxygen atoms in total. The number of hydrogen-bond donors (Lipinski definition) is 1. The summed E-state index contributed by atoms with van der Waals surface area (Å²) in [5.41, 5.74) is 1.41. The Morgan fingerprint density at radius 3 is 2.47 bits per heavy atom. The predicted molar refractivity (Wildman–Crippen MR) is 69.5 cm³/mol. The van der Waals surface area contributed by atoms with Crippen LogP contribution in [0.25, 0.3) is 6.08 Å². The number of carbonyl (C=O) groups is 1. The molecule has 1 amide bonds. The number of likely N-dealkylation sites (N-methyl/N-ethyl adjacent to an activating group) is 1. The van der Waals surface area contributed by atoms with Crippen LogP contribution in [0.2, 0.25) is 0 Å². The molecule has 1 fully saturated rings. The maximum atomic E-state index is 11.7. The average Bonchev–Trinajstić information content (AvgIpc) is 2.58. The number of carbonyl (C=O) groups excluding carboxylic acids is 1. The number of benzene rings is 1. The third kappa shape index (κ3) is 2.29. The van der Waals surface area contributed by atoms with Gasteiger partial charge in [0.1, 0.15) is 11.4 Å². The van der Waals surface area contributed by atoms with Crippen molar-refractivity contribution in [1.82, 2.24) is 10.2 Å². The minimum Gasteiger partial charge on any atom is -0.497 e. The minimum atomic E-state index is -0.120. The fraction of sp³-hybridized carbons (Fsp3) is 0.167. The summed E-state index contributed by atoms with van der Waals surface area (Å²) in [5.74, 6) is 0.663. The molecule has 0 atom stereocenters. The van der Waals surface area contributed by atoms with Gasteiger partial charge in [-0.1, -0.05) is 12.1 Å². The molecule has 2 rings (SSSR count). The Morgan fingerprint density at radius 1 is 1.35 bits per heavy atom. The highest BCUT2D eigenvalue weighted by Crippen LogP contribution is 2.16. The molecule has 88 valence electrons. The predicted octanol–water partition coefficient (Wildman–Crippen LogP) is 1.38. The van der Waals surface area contributed by atoms with Gasteiger partial charge in [-0.3, -0.25) is 9.69 Å². The summed E-state index contributed by atoms with van der Waals surface area (Å²) < 4.78 is 5.06. The van der Waals surface area contributed by atoms with Crippen molar-refractivity contribution in [2.24, 2.45) is 0 Å². The Hall–Kier alpha value is -1.88. The number of ether oxygens (including phenoxy) is 1. The first kappa shape index (κ1) is 11.6. The lowest BCUT2D eigenvalue weighted by atomic mass is 10.2. The molecule has 1 aromatic rings. The highest BCUT2D eigenvalue weighted by Gasteiger charge is 2.26. The summed E-state index contributed by atoms with van der Waals surface area (Å²) in [5, 5.41) is 3.29. The molecule has 0 bridgehead atoms. The van der Waals surface area contributed by atoms with Gasteiger partial charge < -0.3 is 10.1 Å². The zero-order chi connectivity index (χ0) is 12.4. The van der Waals surface area contributed by atoms with E-state index >= 15 is 0 Å². The van der Waals surface area contributed by atoms with Gasteiger partial charge in [-0.25, -0.2) is 0 Å². The van der Waals surface area contributed by atoms with Crippen LogP contribution in [-0.2, 0) is 4.79 Å². The second-order valence-electron chi connectivity index (χ2n) is 3.63. The number of thiocarbonyl (C=S) groups is 1. The van der Waals surface area contributed by atoms with E-state index in [0.717, 1.165) is 11.3 Å². The Kier molecular flexibility index (Phi) is 3.10. The molecule has 1 saturated heterocycles. The van der Waals surface area contributed by atoms with Crippen LogP contribution in [0.3, 0.4) is 0 Å². The summed E-state index contributed by atoms with van der Waals surface area (Å²) in [4.78, 5) is 13.1. The molecule has 0 aliphatic carbocycles. The first-order chi connectivity index (χ1) is 8.11. The number of amides is 1. The zero-order valence-electron chi connectivity index (χ0n) is 9.56. The molecule has 1 N–H and O–H groups in total. The number of nitrogens with one attached hydrogen (secondary N) is 1. The van der Waals surface area contributed by atoms with Crippen LogP contribution in [0.4, 0.5) is 0 Å². The second-order valence-corrected chi connectivity index (χ2v) is 4.01. The van der Waals surface area contributed by atoms with E-state index in [4.69, 9.17) is 17.0 Å². The van der Waals surface area contributed by atoms with Crippen LogP contribution in [0.15, 0.2) is 30.0 Å². The van der Waals surface area contributed by atoms with Gasteiger partial charge in [0.25, 0.3) is 5.91 Å². The first-order valence-corrected chi connectivity index (χ1v) is 5.47. The van der Waals surface area contributed by atoms with Crippen molar-refractivity contribution in [1.29, 1.82) is 0 Å². The maximum Gasteiger partial charge on any atom is 0.276 e. The third-order valence-corrected chi connectivity index (χ3v) is 2.88. The van der Waals surface area contributed by atoms with Crippen molar-refractivity contribution in [3.63, 3.8) is 0 Å². The largest absolute Gasteiger partial charge is 0.497 e. The fourth-order valence-electron chi connectivity index (χ4n) is 1.49. The molecule has 1 aliphatic rings. The lowest BCUT2D eigenvalue weighted by molar-refractivity contribution is -0.121. The Labute approximate surface area is 105 Å². The monoisotopic (exact) mass is 248 g/mol. The molecule has 1 heterocycles. The van der Waals surface area contributed by atoms with Gasteiger partial charge in [0.05, 0.1) is 7.11 Å². The van der Waals surface area contributed by atoms with Crippen LogP contribution in [0.5, 0.6) is 5.75 Å². The van der Waals surface area contributed by atoms with Crippen LogP contribution in [0, 0.1) is 0 Å². The summed E-state index contributed by atoms with van der Waals surface area (Å²) in [6.45, 7) is 0. The SMILES string of the molecule is COc1ccc(/C=C2\NC(=S)N(C)C2=O)cc1. The first-order valence-electron chi connectivity index (χ1n) is 5.06. The molecule has 0 unspecified atom stereocenters. The van der Waals surface area contributed by atoms with E-state index in [1.165, 1.54) is 4.90 Å². The Morgan fingerprint density at radius 2 is 2.00 bits per heavy atom. The third-order valence-electron chi connectivity index (χ3n) is 2.51. The van der Waals surface area contributed by atoms with Crippen molar-refractivity contribution in [2.45, 2.75) is 0 Å². The van der Waals surface area contributed by atoms with Crippen LogP contribution in [0.1, 0.15) is 5.56 Å². The van der Waals surface area contributed by atoms with Crippen LogP contribution in [-0.4, -0.2) is 30.1 Å². The summed E-state index contributed by atoms with van der Waals surface area (Å²) in [6.07, 6.45) is 1.76. The minimum absolute atomic E-state index is 0.120. The number of rotatable bonds is 2. The molecular weight excluding hydrogens is 236 g/mol. The van der Waals surface area contributed by atoms with Crippen molar-refractivity contribution in [2.75, 3.05) is 14.2 Å². The van der Waals surface area contributed by atoms with Gasteiger partial charge in [-0.2, -0.15) is 0 Å². The number of nitrogens with zero attached hydrogens (tertiary/aromatic N) is 1. The molecule has 17 heavy (non-hydrogen) atoms. The summed E-state index contributed by atoms with van der Waals surface area (Å²) >= 11 is 4.98. The zero-order valence-corrected chi connectivity index (χ0v) is 10.4. The van der Waals surface area contributed by atoms with E-state index in [2.05, 4.69) is 5.32 Å². The summed E-state index contributed by atoms with van der Waals surface area (Å²) in [6, 6.07) is 7.44. The highest BCUT2D eigenvalue weighted by atomic mass is 32.1. The molecule has 0 spiro atoms. The Bertz CT molecular complexity index is 494. The van der Waals surface area contributed by atoms with Crippen molar-refractivity contribution < 1.29 is 9.53 Å². The molecule has 0 aromatic heterocycles. The average molecular weight is 248 g/mol. The van der Waals surface area contributed by atoms with Gasteiger partial charge in [0.15, 0.2) is 5.11 Å². The quantitative estimate of drug-likeness (QED) is 0.634. The van der Waals surface area contributed by atoms with Crippen LogP contribution < -0.4 is 10.1 Å². The standard InChI is InChI=1S/C12H12N2O2S/c1-14-11(15)10(13-12(14)17)7-8-3-5-9(16-2)6-4-8/h3-7H,1-2H3,(H,13,17)/b10-7-. The van der Waals surface area contributed by atoms with Crippen molar-refractivity contribution in [3.05, 3.63) is 35.5 Å². The molecular formula is C12H12N2O2S. The summed E-state index contributed by atoms with van der Waals surface area (Å²) in [7, 11) is 3.26. The normalized spacial score (nSPS) is 17.5. The smallest absolute Gasteiger partial charge is 0.276 e. The van der Waals surface area contributed by atoms with E-state index in [0.29, 0.717) is 10.8 Å². The topological polar surface area (TPSA) is 41.6 Å². The van der Waals surface area contributed by atoms with Crippen molar-refractivity contribution >= 4 is 29.3 Å². The highest BCUT2D eigenvalue weighted by molar-refractivity contribution is 7.80. The second kappa shape index (κ2) is 4.55. The van der Waals surface area contributed by atoms with Gasteiger partial charge in [0, 0.05) is 7.05 Å². The van der Waals surface area contributed by atoms with Crippen LogP contribution >= 0.6 is 12.2 Å². The van der Waals surface area contributed by atoms with Gasteiger partial charge in [-0.15, -0.1) is 0 Å². The fourth-order valence-corrected chi connectivity index (χ4v) is 1.68. The Balaban J connectivity index is 2.24. The van der Waals surface area contributed by atoms with Gasteiger partial charge in [0.2, 0.25) is 0 Å². The van der Waals surface area contributed by atoms with Crippen molar-refractivity contribution in [3.8, 4) is 5.75 Å². The van der Waals surface area contributed by atoms with E-state index in [1.807, 2.05) is 24.3 Å². The van der Waals surface area contributed by atoms with E-state index in [9.17, 15) is 4.79 Å². The molecule has 0 radical (unpaired) electrons. The lowest BCUT2D eigenvalue weighted by Crippen LogP contribution is -2.25. The lowest BCUT2D eigenvalue weighted by Gasteiger charge is -2.02. The number of hydrogen-bond acceptors (Lipinski definition) is 3. The molecule has 0 saturated carbocycles. The maximum absolute atomic E-state index is 11.7. The van der Waals surface area contributed by atoms with Gasteiger partial charge in [-0.05, 0) is 36.0 Å². The van der Waals surface area contributed by atoms with Gasteiger partial charge >= 0.3 is 0 Å². The van der Waals surface area contributed by atoms with E-state index in [-0.39, 0.29) is 5.91 Å². The van der Waals surface area contributed by atoms with E-state index in [1.54, 1.807) is 20.2 Å². The molecule has 1 aliphatic heterocycles. The van der Waals surface area contributed by atoms with E-state index < -0.39 is 0 Å². The molecule has 1 aromatic carbocycles. The number of methoxy groups -OCH3 is 1. The molecule has 5 heteroatoms.